The number of amidine groups is 1. The van der Waals surface area contributed by atoms with Gasteiger partial charge in [0.2, 0.25) is 0 Å². The fraction of sp³-hybridized carbons (Fsp3) is 0.129. The van der Waals surface area contributed by atoms with Gasteiger partial charge in [0, 0.05) is 22.1 Å². The van der Waals surface area contributed by atoms with Gasteiger partial charge >= 0.3 is 0 Å². The largest absolute Gasteiger partial charge is 0.497 e. The van der Waals surface area contributed by atoms with Crippen LogP contribution in [0.25, 0.3) is 5.69 Å². The molecular formula is C31H25N5O2S. The van der Waals surface area contributed by atoms with Crippen molar-refractivity contribution in [3.8, 4) is 11.4 Å². The number of hydrogen-bond acceptors (Lipinski definition) is 7. The minimum Gasteiger partial charge on any atom is -0.497 e. The molecule has 7 rings (SSSR count). The molecule has 2 atom stereocenters. The van der Waals surface area contributed by atoms with E-state index in [9.17, 15) is 0 Å². The quantitative estimate of drug-likeness (QED) is 0.256. The highest BCUT2D eigenvalue weighted by Crippen LogP contribution is 2.55. The zero-order chi connectivity index (χ0) is 26.2. The molecule has 0 spiro atoms. The summed E-state index contributed by atoms with van der Waals surface area (Å²) in [6.07, 6.45) is 2.39. The molecule has 8 heteroatoms. The first-order valence-corrected chi connectivity index (χ1v) is 13.6. The van der Waals surface area contributed by atoms with Crippen molar-refractivity contribution in [2.45, 2.75) is 22.3 Å². The first kappa shape index (κ1) is 23.5. The molecule has 0 radical (unpaired) electrons. The highest BCUT2D eigenvalue weighted by atomic mass is 32.2. The van der Waals surface area contributed by atoms with E-state index in [-0.39, 0.29) is 5.25 Å². The van der Waals surface area contributed by atoms with Crippen LogP contribution in [0.15, 0.2) is 125 Å². The fourth-order valence-corrected chi connectivity index (χ4v) is 6.51. The van der Waals surface area contributed by atoms with E-state index in [4.69, 9.17) is 19.8 Å². The van der Waals surface area contributed by atoms with Gasteiger partial charge in [-0.3, -0.25) is 4.90 Å². The number of rotatable bonds is 5. The van der Waals surface area contributed by atoms with Gasteiger partial charge in [-0.15, -0.1) is 16.9 Å². The molecule has 3 heterocycles. The van der Waals surface area contributed by atoms with Crippen molar-refractivity contribution >= 4 is 23.3 Å². The number of para-hydroxylation sites is 2. The Hall–Kier alpha value is -4.56. The van der Waals surface area contributed by atoms with Gasteiger partial charge in [-0.05, 0) is 42.0 Å². The van der Waals surface area contributed by atoms with Crippen LogP contribution in [0.1, 0.15) is 28.5 Å². The smallest absolute Gasteiger partial charge is 0.263 e. The number of nitrogens with zero attached hydrogens (tertiary/aromatic N) is 5. The van der Waals surface area contributed by atoms with Gasteiger partial charge in [0.15, 0.2) is 11.5 Å². The van der Waals surface area contributed by atoms with E-state index in [0.717, 1.165) is 33.4 Å². The van der Waals surface area contributed by atoms with Crippen LogP contribution in [-0.2, 0) is 10.6 Å². The van der Waals surface area contributed by atoms with Crippen LogP contribution in [-0.4, -0.2) is 27.9 Å². The van der Waals surface area contributed by atoms with Crippen molar-refractivity contribution in [3.05, 3.63) is 132 Å². The molecule has 1 aromatic heterocycles. The van der Waals surface area contributed by atoms with Crippen molar-refractivity contribution < 1.29 is 9.57 Å². The zero-order valence-corrected chi connectivity index (χ0v) is 22.0. The maximum absolute atomic E-state index is 6.54. The Morgan fingerprint density at radius 1 is 0.872 bits per heavy atom. The molecule has 0 bridgehead atoms. The lowest BCUT2D eigenvalue weighted by Gasteiger charge is -2.35. The van der Waals surface area contributed by atoms with E-state index < -0.39 is 5.72 Å². The van der Waals surface area contributed by atoms with Gasteiger partial charge in [-0.1, -0.05) is 78.0 Å². The van der Waals surface area contributed by atoms with Crippen LogP contribution in [0.5, 0.6) is 5.75 Å². The summed E-state index contributed by atoms with van der Waals surface area (Å²) in [4.78, 5) is 11.5. The maximum atomic E-state index is 6.54. The lowest BCUT2D eigenvalue weighted by Crippen LogP contribution is -2.47. The lowest BCUT2D eigenvalue weighted by atomic mass is 9.96. The van der Waals surface area contributed by atoms with Crippen LogP contribution in [0.4, 0.5) is 5.69 Å². The van der Waals surface area contributed by atoms with Crippen LogP contribution in [0.3, 0.4) is 0 Å². The minimum absolute atomic E-state index is 0.0502. The third-order valence-electron chi connectivity index (χ3n) is 7.09. The third kappa shape index (κ3) is 4.04. The Bertz CT molecular complexity index is 1640. The number of benzene rings is 4. The predicted molar refractivity (Wildman–Crippen MR) is 152 cm³/mol. The molecule has 4 aromatic carbocycles. The van der Waals surface area contributed by atoms with Crippen LogP contribution >= 0.6 is 11.8 Å². The highest BCUT2D eigenvalue weighted by molar-refractivity contribution is 7.99. The number of aromatic nitrogens is 3. The zero-order valence-electron chi connectivity index (χ0n) is 21.2. The highest BCUT2D eigenvalue weighted by Gasteiger charge is 2.55. The van der Waals surface area contributed by atoms with Crippen LogP contribution in [0.2, 0.25) is 0 Å². The summed E-state index contributed by atoms with van der Waals surface area (Å²) in [6, 6.07) is 36.7. The minimum atomic E-state index is -1.01. The maximum Gasteiger partial charge on any atom is 0.263 e. The van der Waals surface area contributed by atoms with Gasteiger partial charge in [0.25, 0.3) is 5.72 Å². The first-order valence-electron chi connectivity index (χ1n) is 12.7. The van der Waals surface area contributed by atoms with Crippen molar-refractivity contribution in [1.29, 1.82) is 0 Å². The molecule has 2 aliphatic heterocycles. The van der Waals surface area contributed by atoms with Gasteiger partial charge in [0.05, 0.1) is 24.7 Å². The van der Waals surface area contributed by atoms with E-state index in [1.54, 1.807) is 18.1 Å². The molecule has 0 N–H and O–H groups in total. The topological polar surface area (TPSA) is 64.8 Å². The number of ether oxygens (including phenoxy) is 1. The van der Waals surface area contributed by atoms with E-state index in [2.05, 4.69) is 58.5 Å². The number of oxime groups is 1. The monoisotopic (exact) mass is 531 g/mol. The molecule has 192 valence electrons. The molecule has 39 heavy (non-hydrogen) atoms. The SMILES string of the molecule is COc1ccc(C2CC3(c4cnn(-c5ccccc5)n4)ON=C(c4ccccc4)N3c3ccccc3S2)cc1. The summed E-state index contributed by atoms with van der Waals surface area (Å²) in [5.74, 6) is 1.57. The van der Waals surface area contributed by atoms with Gasteiger partial charge in [-0.2, -0.15) is 9.90 Å². The standard InChI is InChI=1S/C31H25N5O2S/c1-37-25-18-16-22(17-19-25)28-20-31(29-21-32-36(33-29)24-12-6-3-7-13-24)35(26-14-8-9-15-27(26)39-28)30(34-38-31)23-10-4-2-5-11-23/h2-19,21,28H,20H2,1H3. The average Bonchev–Trinajstić information content (AvgIpc) is 3.62. The number of fused-ring (bicyclic) bond motifs is 3. The Balaban J connectivity index is 1.41. The van der Waals surface area contributed by atoms with E-state index in [1.165, 1.54) is 5.56 Å². The molecule has 0 aliphatic carbocycles. The van der Waals surface area contributed by atoms with E-state index in [0.29, 0.717) is 12.1 Å². The summed E-state index contributed by atoms with van der Waals surface area (Å²) in [5, 5.41) is 14.4. The third-order valence-corrected chi connectivity index (χ3v) is 8.41. The Morgan fingerprint density at radius 3 is 2.36 bits per heavy atom. The van der Waals surface area contributed by atoms with Crippen LogP contribution in [0, 0.1) is 0 Å². The van der Waals surface area contributed by atoms with Gasteiger partial charge < -0.3 is 9.57 Å². The molecule has 5 aromatic rings. The summed E-state index contributed by atoms with van der Waals surface area (Å²) in [5.41, 5.74) is 3.72. The molecule has 2 unspecified atom stereocenters. The molecule has 0 amide bonds. The first-order chi connectivity index (χ1) is 19.2. The molecule has 7 nitrogen and oxygen atoms in total. The summed E-state index contributed by atoms with van der Waals surface area (Å²) in [7, 11) is 1.68. The van der Waals surface area contributed by atoms with Gasteiger partial charge in [0.1, 0.15) is 5.75 Å². The van der Waals surface area contributed by atoms with Crippen molar-refractivity contribution in [3.63, 3.8) is 0 Å². The average molecular weight is 532 g/mol. The number of methoxy groups -OCH3 is 1. The summed E-state index contributed by atoms with van der Waals surface area (Å²) < 4.78 is 5.42. The Morgan fingerprint density at radius 2 is 1.59 bits per heavy atom. The van der Waals surface area contributed by atoms with Crippen LogP contribution < -0.4 is 9.64 Å². The van der Waals surface area contributed by atoms with Crippen molar-refractivity contribution in [1.82, 2.24) is 15.0 Å². The van der Waals surface area contributed by atoms with E-state index >= 15 is 0 Å². The second-order valence-electron chi connectivity index (χ2n) is 9.40. The Kier molecular flexibility index (Phi) is 5.82. The predicted octanol–water partition coefficient (Wildman–Crippen LogP) is 6.56. The molecule has 2 aliphatic rings. The van der Waals surface area contributed by atoms with Crippen molar-refractivity contribution in [2.75, 3.05) is 12.0 Å². The number of anilines is 1. The lowest BCUT2D eigenvalue weighted by molar-refractivity contribution is -0.0318. The van der Waals surface area contributed by atoms with E-state index in [1.807, 2.05) is 72.4 Å². The summed E-state index contributed by atoms with van der Waals surface area (Å²) in [6.45, 7) is 0. The van der Waals surface area contributed by atoms with Crippen molar-refractivity contribution in [2.24, 2.45) is 5.16 Å². The molecular weight excluding hydrogens is 506 g/mol. The second kappa shape index (κ2) is 9.63. The Labute approximate surface area is 230 Å². The summed E-state index contributed by atoms with van der Waals surface area (Å²) >= 11 is 1.82. The van der Waals surface area contributed by atoms with Gasteiger partial charge in [-0.25, -0.2) is 0 Å². The molecule has 0 saturated heterocycles. The number of hydrogen-bond donors (Lipinski definition) is 0. The number of thioether (sulfide) groups is 1. The second-order valence-corrected chi connectivity index (χ2v) is 10.6. The normalized spacial score (nSPS) is 19.9. The molecule has 0 saturated carbocycles. The fourth-order valence-electron chi connectivity index (χ4n) is 5.16. The molecule has 0 fully saturated rings.